The van der Waals surface area contributed by atoms with Gasteiger partial charge < -0.3 is 5.21 Å². The van der Waals surface area contributed by atoms with E-state index < -0.39 is 0 Å². The van der Waals surface area contributed by atoms with Crippen molar-refractivity contribution in [2.75, 3.05) is 0 Å². The molecule has 0 aliphatic rings. The molecule has 0 spiro atoms. The SMILES string of the molecule is [N-]=[N+]=Nc1ccc2nc[n+]([O-])n2n1. The predicted molar refractivity (Wildman–Crippen MR) is 40.8 cm³/mol. The van der Waals surface area contributed by atoms with Crippen molar-refractivity contribution in [3.63, 3.8) is 0 Å². The topological polar surface area (TPSA) is 106 Å². The summed E-state index contributed by atoms with van der Waals surface area (Å²) < 4.78 is 0.990. The molecule has 13 heavy (non-hydrogen) atoms. The molecule has 2 aromatic heterocycles. The van der Waals surface area contributed by atoms with Gasteiger partial charge >= 0.3 is 0 Å². The number of nitrogens with zero attached hydrogens (tertiary/aromatic N) is 7. The first kappa shape index (κ1) is 7.32. The number of aromatic nitrogens is 4. The van der Waals surface area contributed by atoms with Crippen LogP contribution in [0.15, 0.2) is 23.6 Å². The summed E-state index contributed by atoms with van der Waals surface area (Å²) in [5.74, 6) is 0.123. The molecule has 0 saturated carbocycles. The van der Waals surface area contributed by atoms with Crippen LogP contribution in [0, 0.1) is 5.21 Å². The quantitative estimate of drug-likeness (QED) is 0.205. The van der Waals surface area contributed by atoms with Crippen molar-refractivity contribution in [2.45, 2.75) is 0 Å². The van der Waals surface area contributed by atoms with E-state index in [1.54, 1.807) is 0 Å². The van der Waals surface area contributed by atoms with E-state index in [0.717, 1.165) is 11.0 Å². The largest absolute Gasteiger partial charge is 0.723 e. The Morgan fingerprint density at radius 2 is 2.46 bits per heavy atom. The molecule has 0 saturated heterocycles. The lowest BCUT2D eigenvalue weighted by molar-refractivity contribution is -0.684. The van der Waals surface area contributed by atoms with E-state index >= 15 is 0 Å². The lowest BCUT2D eigenvalue weighted by Gasteiger charge is -1.95. The van der Waals surface area contributed by atoms with E-state index in [-0.39, 0.29) is 5.82 Å². The van der Waals surface area contributed by atoms with Gasteiger partial charge in [-0.3, -0.25) is 0 Å². The second kappa shape index (κ2) is 2.61. The Kier molecular flexibility index (Phi) is 1.47. The lowest BCUT2D eigenvalue weighted by atomic mass is 10.5. The average molecular weight is 177 g/mol. The third kappa shape index (κ3) is 1.10. The van der Waals surface area contributed by atoms with Crippen LogP contribution in [-0.4, -0.2) is 14.7 Å². The predicted octanol–water partition coefficient (Wildman–Crippen LogP) is 0.304. The standard InChI is InChI=1S/C5H3N7O/c6-10-8-4-1-2-5-7-3-11(13)12(5)9-4/h1-3H. The first-order valence-electron chi connectivity index (χ1n) is 3.30. The van der Waals surface area contributed by atoms with Crippen LogP contribution in [0.2, 0.25) is 0 Å². The van der Waals surface area contributed by atoms with Gasteiger partial charge in [-0.1, -0.05) is 4.98 Å². The van der Waals surface area contributed by atoms with Crippen LogP contribution in [0.5, 0.6) is 0 Å². The van der Waals surface area contributed by atoms with Crippen LogP contribution >= 0.6 is 0 Å². The molecule has 0 bridgehead atoms. The van der Waals surface area contributed by atoms with Crippen LogP contribution in [0.3, 0.4) is 0 Å². The normalized spacial score (nSPS) is 9.85. The third-order valence-corrected chi connectivity index (χ3v) is 1.41. The molecule has 0 aromatic carbocycles. The molecule has 0 radical (unpaired) electrons. The third-order valence-electron chi connectivity index (χ3n) is 1.41. The summed E-state index contributed by atoms with van der Waals surface area (Å²) in [4.78, 5) is 6.72. The highest BCUT2D eigenvalue weighted by atomic mass is 16.5. The Morgan fingerprint density at radius 3 is 3.23 bits per heavy atom. The zero-order chi connectivity index (χ0) is 9.26. The molecule has 0 fully saturated rings. The van der Waals surface area contributed by atoms with E-state index in [1.165, 1.54) is 12.1 Å². The van der Waals surface area contributed by atoms with Crippen molar-refractivity contribution < 1.29 is 4.85 Å². The highest BCUT2D eigenvalue weighted by molar-refractivity contribution is 5.38. The fourth-order valence-electron chi connectivity index (χ4n) is 0.894. The molecule has 2 rings (SSSR count). The molecule has 0 amide bonds. The monoisotopic (exact) mass is 177 g/mol. The number of fused-ring (bicyclic) bond motifs is 1. The van der Waals surface area contributed by atoms with Gasteiger partial charge in [0.1, 0.15) is 0 Å². The van der Waals surface area contributed by atoms with Crippen molar-refractivity contribution in [3.05, 3.63) is 34.1 Å². The number of hydrogen-bond acceptors (Lipinski definition) is 4. The Hall–Kier alpha value is -2.34. The lowest BCUT2D eigenvalue weighted by Crippen LogP contribution is -2.33. The molecule has 64 valence electrons. The molecule has 0 N–H and O–H groups in total. The fourth-order valence-corrected chi connectivity index (χ4v) is 0.894. The Bertz CT molecular complexity index is 497. The minimum Gasteiger partial charge on any atom is -0.723 e. The number of rotatable bonds is 1. The summed E-state index contributed by atoms with van der Waals surface area (Å²) >= 11 is 0. The van der Waals surface area contributed by atoms with E-state index in [1.807, 2.05) is 0 Å². The van der Waals surface area contributed by atoms with Crippen LogP contribution in [0.25, 0.3) is 16.1 Å². The van der Waals surface area contributed by atoms with Crippen molar-refractivity contribution in [2.24, 2.45) is 5.11 Å². The van der Waals surface area contributed by atoms with Gasteiger partial charge in [0, 0.05) is 11.0 Å². The van der Waals surface area contributed by atoms with E-state index in [4.69, 9.17) is 5.53 Å². The molecule has 0 atom stereocenters. The van der Waals surface area contributed by atoms with Crippen molar-refractivity contribution in [1.29, 1.82) is 0 Å². The first-order valence-corrected chi connectivity index (χ1v) is 3.30. The summed E-state index contributed by atoms with van der Waals surface area (Å²) in [5.41, 5.74) is 8.52. The van der Waals surface area contributed by atoms with Gasteiger partial charge in [-0.2, -0.15) is 4.85 Å². The van der Waals surface area contributed by atoms with Crippen LogP contribution in [-0.2, 0) is 0 Å². The summed E-state index contributed by atoms with van der Waals surface area (Å²) in [6, 6.07) is 3.01. The second-order valence-corrected chi connectivity index (χ2v) is 2.18. The minimum atomic E-state index is 0.123. The van der Waals surface area contributed by atoms with Gasteiger partial charge in [0.05, 0.1) is 0 Å². The van der Waals surface area contributed by atoms with Gasteiger partial charge in [0.15, 0.2) is 0 Å². The summed E-state index contributed by atoms with van der Waals surface area (Å²) in [7, 11) is 0. The Morgan fingerprint density at radius 1 is 1.62 bits per heavy atom. The zero-order valence-electron chi connectivity index (χ0n) is 6.27. The second-order valence-electron chi connectivity index (χ2n) is 2.18. The van der Waals surface area contributed by atoms with Crippen LogP contribution in [0.4, 0.5) is 5.82 Å². The van der Waals surface area contributed by atoms with Crippen LogP contribution in [0.1, 0.15) is 0 Å². The maximum absolute atomic E-state index is 11.0. The van der Waals surface area contributed by atoms with Gasteiger partial charge in [0.2, 0.25) is 12.1 Å². The summed E-state index contributed by atoms with van der Waals surface area (Å²) in [5, 5.41) is 17.9. The highest BCUT2D eigenvalue weighted by Crippen LogP contribution is 2.06. The van der Waals surface area contributed by atoms with Gasteiger partial charge in [-0.05, 0) is 26.4 Å². The zero-order valence-corrected chi connectivity index (χ0v) is 6.27. The fraction of sp³-hybridized carbons (Fsp3) is 0. The first-order chi connectivity index (χ1) is 6.31. The molecular weight excluding hydrogens is 174 g/mol. The molecular formula is C5H3N7O. The molecule has 8 nitrogen and oxygen atoms in total. The average Bonchev–Trinajstić information content (AvgIpc) is 2.49. The molecule has 0 aliphatic carbocycles. The number of hydrogen-bond donors (Lipinski definition) is 0. The van der Waals surface area contributed by atoms with Gasteiger partial charge in [-0.15, -0.1) is 0 Å². The summed E-state index contributed by atoms with van der Waals surface area (Å²) in [6.45, 7) is 0. The highest BCUT2D eigenvalue weighted by Gasteiger charge is 2.05. The van der Waals surface area contributed by atoms with Gasteiger partial charge in [0.25, 0.3) is 5.65 Å². The maximum atomic E-state index is 11.0. The van der Waals surface area contributed by atoms with Gasteiger partial charge in [-0.25, -0.2) is 0 Å². The van der Waals surface area contributed by atoms with Crippen molar-refractivity contribution in [3.8, 4) is 0 Å². The molecule has 2 heterocycles. The van der Waals surface area contributed by atoms with Crippen molar-refractivity contribution >= 4 is 11.5 Å². The Labute approximate surface area is 71.2 Å². The smallest absolute Gasteiger partial charge is 0.274 e. The molecule has 0 unspecified atom stereocenters. The minimum absolute atomic E-state index is 0.123. The van der Waals surface area contributed by atoms with Crippen molar-refractivity contribution in [1.82, 2.24) is 14.7 Å². The van der Waals surface area contributed by atoms with Crippen LogP contribution < -0.4 is 4.85 Å². The molecule has 2 aromatic rings. The molecule has 0 aliphatic heterocycles. The van der Waals surface area contributed by atoms with E-state index in [2.05, 4.69) is 20.1 Å². The summed E-state index contributed by atoms with van der Waals surface area (Å²) in [6.07, 6.45) is 1.07. The maximum Gasteiger partial charge on any atom is 0.274 e. The molecule has 8 heteroatoms. The van der Waals surface area contributed by atoms with E-state index in [0.29, 0.717) is 10.5 Å². The number of azide groups is 1. The van der Waals surface area contributed by atoms with E-state index in [9.17, 15) is 5.21 Å². The Balaban J connectivity index is 2.72.